The van der Waals surface area contributed by atoms with Crippen LogP contribution in [-0.2, 0) is 39.9 Å². The summed E-state index contributed by atoms with van der Waals surface area (Å²) in [4.78, 5) is 73.5. The standard InChI is InChI=1S/C49H53N7O9/c1-27(62-3)34(22-42(57)63-4)47(58)56-24-28(25-61-2)18-40(56)45-50-23-38(52-45)31-13-15-33-32(19-31)26-65-41-21-35-30(20-36(33)41)14-16-37-44(35)53-46(51-37)39-12-9-17-55(39)48(59)43(54-49(60)64-5)29-10-7-6-8-11-29/h6-8,10-11,13-16,19-21,23,27-28,34,39-40,43H,9,12,17-18,22,24-26H2,1-5H3,(H,50,52)(H,51,53)(H,54,60)/t27-,28+,34+,39+,40+,43-/m1/s1. The number of likely N-dealkylation sites (tertiary alicyclic amines) is 2. The van der Waals surface area contributed by atoms with Crippen molar-refractivity contribution in [2.75, 3.05) is 48.1 Å². The van der Waals surface area contributed by atoms with E-state index in [9.17, 15) is 19.2 Å². The van der Waals surface area contributed by atoms with E-state index in [1.165, 1.54) is 21.3 Å². The molecule has 0 bridgehead atoms. The first-order valence-corrected chi connectivity index (χ1v) is 22.0. The van der Waals surface area contributed by atoms with Crippen molar-refractivity contribution in [3.05, 3.63) is 102 Å². The summed E-state index contributed by atoms with van der Waals surface area (Å²) in [6.07, 6.45) is 2.70. The molecular formula is C49H53N7O9. The molecular weight excluding hydrogens is 831 g/mol. The van der Waals surface area contributed by atoms with Gasteiger partial charge in [-0.25, -0.2) is 14.8 Å². The fraction of sp³-hybridized carbons (Fsp3) is 0.388. The average Bonchev–Trinajstić information content (AvgIpc) is 4.18. The van der Waals surface area contributed by atoms with E-state index in [0.29, 0.717) is 49.9 Å². The number of carbonyl (C=O) groups is 4. The molecule has 3 N–H and O–H groups in total. The molecule has 16 heteroatoms. The van der Waals surface area contributed by atoms with Gasteiger partial charge in [-0.15, -0.1) is 0 Å². The van der Waals surface area contributed by atoms with Gasteiger partial charge in [-0.3, -0.25) is 14.4 Å². The van der Waals surface area contributed by atoms with E-state index >= 15 is 0 Å². The summed E-state index contributed by atoms with van der Waals surface area (Å²) in [6.45, 7) is 3.62. The minimum Gasteiger partial charge on any atom is -0.488 e. The van der Waals surface area contributed by atoms with Gasteiger partial charge in [0.25, 0.3) is 5.91 Å². The SMILES string of the molecule is COC[C@H]1C[C@@H](c2ncc(-c3ccc4c(c3)COc3cc5c(ccc6[nH]c([C@@H]7CCCN7C(=O)[C@H](NC(=O)OC)c7ccccc7)nc65)cc3-4)[nH]2)N(C(=O)[C@@H](CC(=O)OC)[C@@H](C)OC)C1. The van der Waals surface area contributed by atoms with Crippen molar-refractivity contribution in [3.8, 4) is 28.1 Å². The monoisotopic (exact) mass is 883 g/mol. The third kappa shape index (κ3) is 8.39. The largest absolute Gasteiger partial charge is 0.488 e. The summed E-state index contributed by atoms with van der Waals surface area (Å²) < 4.78 is 27.3. The number of ether oxygens (including phenoxy) is 5. The van der Waals surface area contributed by atoms with E-state index in [1.807, 2.05) is 42.5 Å². The van der Waals surface area contributed by atoms with Gasteiger partial charge in [0.2, 0.25) is 5.91 Å². The maximum absolute atomic E-state index is 14.1. The summed E-state index contributed by atoms with van der Waals surface area (Å²) >= 11 is 0. The van der Waals surface area contributed by atoms with Crippen LogP contribution in [-0.4, -0.2) is 108 Å². The number of esters is 1. The number of amides is 3. The van der Waals surface area contributed by atoms with Crippen LogP contribution in [0.4, 0.5) is 4.79 Å². The number of H-pyrrole nitrogens is 2. The smallest absolute Gasteiger partial charge is 0.407 e. The van der Waals surface area contributed by atoms with E-state index in [-0.39, 0.29) is 36.2 Å². The van der Waals surface area contributed by atoms with E-state index in [4.69, 9.17) is 33.7 Å². The van der Waals surface area contributed by atoms with Crippen molar-refractivity contribution < 1.29 is 42.9 Å². The Morgan fingerprint density at radius 2 is 1.72 bits per heavy atom. The number of hydrogen-bond acceptors (Lipinski definition) is 11. The van der Waals surface area contributed by atoms with Crippen LogP contribution in [0, 0.1) is 11.8 Å². The van der Waals surface area contributed by atoms with Crippen LogP contribution in [0.5, 0.6) is 5.75 Å². The van der Waals surface area contributed by atoms with Crippen molar-refractivity contribution >= 4 is 45.7 Å². The number of aromatic nitrogens is 4. The van der Waals surface area contributed by atoms with Crippen LogP contribution in [0.15, 0.2) is 79.0 Å². The molecule has 0 spiro atoms. The first-order chi connectivity index (χ1) is 31.6. The number of methoxy groups -OCH3 is 4. The normalized spacial score (nSPS) is 19.3. The highest BCUT2D eigenvalue weighted by molar-refractivity contribution is 6.07. The highest BCUT2D eigenvalue weighted by Crippen LogP contribution is 2.44. The average molecular weight is 884 g/mol. The van der Waals surface area contributed by atoms with E-state index in [1.54, 1.807) is 30.0 Å². The third-order valence-corrected chi connectivity index (χ3v) is 13.2. The zero-order valence-corrected chi connectivity index (χ0v) is 37.1. The molecule has 2 aromatic heterocycles. The van der Waals surface area contributed by atoms with Gasteiger partial charge >= 0.3 is 12.1 Å². The Morgan fingerprint density at radius 3 is 2.49 bits per heavy atom. The van der Waals surface area contributed by atoms with Gasteiger partial charge in [0.1, 0.15) is 30.0 Å². The Kier molecular flexibility index (Phi) is 12.3. The number of aromatic amines is 2. The Labute approximate surface area is 375 Å². The molecule has 4 aromatic carbocycles. The number of nitrogens with one attached hydrogen (secondary N) is 3. The summed E-state index contributed by atoms with van der Waals surface area (Å²) in [6, 6.07) is 22.2. The number of carbonyl (C=O) groups excluding carboxylic acids is 4. The zero-order chi connectivity index (χ0) is 45.4. The van der Waals surface area contributed by atoms with Gasteiger partial charge in [0, 0.05) is 44.2 Å². The molecule has 16 nitrogen and oxygen atoms in total. The molecule has 3 amide bonds. The van der Waals surface area contributed by atoms with Crippen LogP contribution in [0.25, 0.3) is 44.2 Å². The summed E-state index contributed by atoms with van der Waals surface area (Å²) in [5, 5.41) is 4.66. The number of hydrogen-bond donors (Lipinski definition) is 3. The van der Waals surface area contributed by atoms with Gasteiger partial charge in [0.05, 0.1) is 74.3 Å². The Bertz CT molecular complexity index is 2750. The molecule has 0 aliphatic carbocycles. The molecule has 6 aromatic rings. The molecule has 9 rings (SSSR count). The highest BCUT2D eigenvalue weighted by Gasteiger charge is 2.43. The molecule has 0 saturated carbocycles. The van der Waals surface area contributed by atoms with Gasteiger partial charge in [-0.05, 0) is 78.1 Å². The summed E-state index contributed by atoms with van der Waals surface area (Å²) in [5.41, 5.74) is 7.09. The lowest BCUT2D eigenvalue weighted by Gasteiger charge is -2.30. The highest BCUT2D eigenvalue weighted by atomic mass is 16.5. The fourth-order valence-electron chi connectivity index (χ4n) is 9.75. The number of fused-ring (bicyclic) bond motifs is 6. The van der Waals surface area contributed by atoms with Crippen molar-refractivity contribution in [2.24, 2.45) is 11.8 Å². The first kappa shape index (κ1) is 43.5. The minimum atomic E-state index is -0.909. The van der Waals surface area contributed by atoms with E-state index in [2.05, 4.69) is 45.6 Å². The van der Waals surface area contributed by atoms with Crippen molar-refractivity contribution in [1.29, 1.82) is 0 Å². The minimum absolute atomic E-state index is 0.0882. The van der Waals surface area contributed by atoms with E-state index in [0.717, 1.165) is 68.3 Å². The second-order valence-electron chi connectivity index (χ2n) is 17.1. The number of rotatable bonds is 13. The van der Waals surface area contributed by atoms with Crippen molar-refractivity contribution in [2.45, 2.75) is 63.4 Å². The lowest BCUT2D eigenvalue weighted by molar-refractivity contribution is -0.151. The van der Waals surface area contributed by atoms with Crippen LogP contribution in [0.1, 0.15) is 73.5 Å². The quantitative estimate of drug-likeness (QED) is 0.0997. The second kappa shape index (κ2) is 18.4. The number of nitrogens with zero attached hydrogens (tertiary/aromatic N) is 4. The number of imidazole rings is 2. The molecule has 3 aliphatic rings. The van der Waals surface area contributed by atoms with Crippen LogP contribution >= 0.6 is 0 Å². The van der Waals surface area contributed by atoms with Gasteiger partial charge in [-0.1, -0.05) is 48.5 Å². The summed E-state index contributed by atoms with van der Waals surface area (Å²) in [5.74, 6) is 0.586. The van der Waals surface area contributed by atoms with Crippen molar-refractivity contribution in [1.82, 2.24) is 35.1 Å². The van der Waals surface area contributed by atoms with Crippen LogP contribution in [0.3, 0.4) is 0 Å². The number of alkyl carbamates (subject to hydrolysis) is 1. The van der Waals surface area contributed by atoms with Gasteiger partial charge < -0.3 is 48.8 Å². The molecule has 338 valence electrons. The molecule has 6 atom stereocenters. The molecule has 5 heterocycles. The summed E-state index contributed by atoms with van der Waals surface area (Å²) in [7, 11) is 5.78. The third-order valence-electron chi connectivity index (χ3n) is 13.2. The molecule has 2 fully saturated rings. The number of benzene rings is 4. The lowest BCUT2D eigenvalue weighted by atomic mass is 9.92. The fourth-order valence-corrected chi connectivity index (χ4v) is 9.75. The van der Waals surface area contributed by atoms with E-state index < -0.39 is 30.1 Å². The Hall–Kier alpha value is -6.78. The Morgan fingerprint density at radius 1 is 0.892 bits per heavy atom. The Balaban J connectivity index is 0.966. The molecule has 3 aliphatic heterocycles. The molecule has 0 radical (unpaired) electrons. The topological polar surface area (TPSA) is 190 Å². The zero-order valence-electron chi connectivity index (χ0n) is 37.1. The van der Waals surface area contributed by atoms with Crippen LogP contribution < -0.4 is 10.1 Å². The maximum atomic E-state index is 14.1. The van der Waals surface area contributed by atoms with Crippen LogP contribution in [0.2, 0.25) is 0 Å². The predicted octanol–water partition coefficient (Wildman–Crippen LogP) is 7.18. The van der Waals surface area contributed by atoms with Crippen molar-refractivity contribution in [3.63, 3.8) is 0 Å². The predicted molar refractivity (Wildman–Crippen MR) is 240 cm³/mol. The maximum Gasteiger partial charge on any atom is 0.407 e. The molecule has 2 saturated heterocycles. The molecule has 65 heavy (non-hydrogen) atoms. The molecule has 0 unspecified atom stereocenters. The lowest BCUT2D eigenvalue weighted by Crippen LogP contribution is -2.42. The van der Waals surface area contributed by atoms with Gasteiger partial charge in [-0.2, -0.15) is 0 Å². The second-order valence-corrected chi connectivity index (χ2v) is 17.1. The first-order valence-electron chi connectivity index (χ1n) is 22.0. The van der Waals surface area contributed by atoms with Gasteiger partial charge in [0.15, 0.2) is 0 Å².